The smallest absolute Gasteiger partial charge is 0.193 e. The van der Waals surface area contributed by atoms with Gasteiger partial charge in [0.25, 0.3) is 0 Å². The van der Waals surface area contributed by atoms with Gasteiger partial charge in [-0.05, 0) is 36.8 Å². The molecule has 3 rings (SSSR count). The van der Waals surface area contributed by atoms with Crippen LogP contribution in [-0.2, 0) is 5.75 Å². The van der Waals surface area contributed by atoms with E-state index in [-0.39, 0.29) is 5.78 Å². The summed E-state index contributed by atoms with van der Waals surface area (Å²) in [4.78, 5) is 13.6. The first-order valence-electron chi connectivity index (χ1n) is 7.60. The molecule has 0 amide bonds. The Morgan fingerprint density at radius 1 is 0.783 bits per heavy atom. The van der Waals surface area contributed by atoms with Crippen LogP contribution in [-0.4, -0.2) is 5.78 Å². The van der Waals surface area contributed by atoms with E-state index in [0.29, 0.717) is 0 Å². The maximum atomic E-state index is 12.4. The molecule has 1 nitrogen and oxygen atoms in total. The summed E-state index contributed by atoms with van der Waals surface area (Å²) in [6.07, 6.45) is 0. The number of benzene rings is 3. The molecule has 0 bridgehead atoms. The zero-order valence-electron chi connectivity index (χ0n) is 13.0. The number of rotatable bonds is 5. The third-order valence-corrected chi connectivity index (χ3v) is 4.76. The van der Waals surface area contributed by atoms with Gasteiger partial charge in [0.1, 0.15) is 0 Å². The molecule has 0 unspecified atom stereocenters. The first-order chi connectivity index (χ1) is 11.2. The summed E-state index contributed by atoms with van der Waals surface area (Å²) in [7, 11) is 0. The molecule has 0 aliphatic heterocycles. The molecule has 2 heteroatoms. The van der Waals surface area contributed by atoms with Crippen molar-refractivity contribution in [3.8, 4) is 0 Å². The summed E-state index contributed by atoms with van der Waals surface area (Å²) >= 11 is 1.78. The lowest BCUT2D eigenvalue weighted by Gasteiger charge is -2.05. The highest BCUT2D eigenvalue weighted by Crippen LogP contribution is 2.23. The van der Waals surface area contributed by atoms with Crippen LogP contribution in [0.2, 0.25) is 0 Å². The molecular weight excluding hydrogens is 300 g/mol. The zero-order valence-corrected chi connectivity index (χ0v) is 13.8. The minimum atomic E-state index is 0.0737. The van der Waals surface area contributed by atoms with E-state index in [1.807, 2.05) is 61.5 Å². The van der Waals surface area contributed by atoms with Gasteiger partial charge in [0.15, 0.2) is 5.78 Å². The van der Waals surface area contributed by atoms with E-state index in [9.17, 15) is 4.79 Å². The van der Waals surface area contributed by atoms with Gasteiger partial charge in [0.2, 0.25) is 0 Å². The van der Waals surface area contributed by atoms with Crippen LogP contribution in [0.3, 0.4) is 0 Å². The Bertz CT molecular complexity index is 774. The van der Waals surface area contributed by atoms with E-state index < -0.39 is 0 Å². The van der Waals surface area contributed by atoms with Gasteiger partial charge in [-0.15, -0.1) is 11.8 Å². The maximum Gasteiger partial charge on any atom is 0.193 e. The van der Waals surface area contributed by atoms with E-state index in [1.165, 1.54) is 10.5 Å². The number of carbonyl (C=O) groups excluding carboxylic acids is 1. The molecule has 0 aliphatic carbocycles. The standard InChI is InChI=1S/C21H18OS/c1-16-7-9-18(10-8-16)21(22)19-11-13-20(14-12-19)23-15-17-5-3-2-4-6-17/h2-14H,15H2,1H3. The van der Waals surface area contributed by atoms with Crippen LogP contribution in [0.1, 0.15) is 27.0 Å². The molecule has 0 saturated carbocycles. The highest BCUT2D eigenvalue weighted by molar-refractivity contribution is 7.98. The molecule has 0 saturated heterocycles. The van der Waals surface area contributed by atoms with Gasteiger partial charge < -0.3 is 0 Å². The fourth-order valence-electron chi connectivity index (χ4n) is 2.32. The fourth-order valence-corrected chi connectivity index (χ4v) is 3.17. The quantitative estimate of drug-likeness (QED) is 0.455. The largest absolute Gasteiger partial charge is 0.289 e. The van der Waals surface area contributed by atoms with E-state index in [2.05, 4.69) is 24.3 Å². The van der Waals surface area contributed by atoms with E-state index in [1.54, 1.807) is 11.8 Å². The van der Waals surface area contributed by atoms with Crippen molar-refractivity contribution < 1.29 is 4.79 Å². The van der Waals surface area contributed by atoms with Gasteiger partial charge in [-0.3, -0.25) is 4.79 Å². The number of carbonyl (C=O) groups is 1. The summed E-state index contributed by atoms with van der Waals surface area (Å²) < 4.78 is 0. The van der Waals surface area contributed by atoms with Crippen molar-refractivity contribution in [2.24, 2.45) is 0 Å². The monoisotopic (exact) mass is 318 g/mol. The predicted molar refractivity (Wildman–Crippen MR) is 97.1 cm³/mol. The van der Waals surface area contributed by atoms with Gasteiger partial charge in [-0.2, -0.15) is 0 Å². The first-order valence-corrected chi connectivity index (χ1v) is 8.59. The highest BCUT2D eigenvalue weighted by atomic mass is 32.2. The SMILES string of the molecule is Cc1ccc(C(=O)c2ccc(SCc3ccccc3)cc2)cc1. The van der Waals surface area contributed by atoms with E-state index in [4.69, 9.17) is 0 Å². The van der Waals surface area contributed by atoms with Gasteiger partial charge >= 0.3 is 0 Å². The van der Waals surface area contributed by atoms with Gasteiger partial charge in [-0.1, -0.05) is 60.2 Å². The molecule has 0 heterocycles. The van der Waals surface area contributed by atoms with Crippen molar-refractivity contribution in [3.63, 3.8) is 0 Å². The lowest BCUT2D eigenvalue weighted by molar-refractivity contribution is 0.103. The lowest BCUT2D eigenvalue weighted by Crippen LogP contribution is -2.00. The van der Waals surface area contributed by atoms with Crippen LogP contribution in [0.5, 0.6) is 0 Å². The second-order valence-electron chi connectivity index (χ2n) is 5.49. The summed E-state index contributed by atoms with van der Waals surface area (Å²) in [6.45, 7) is 2.02. The molecule has 0 spiro atoms. The zero-order chi connectivity index (χ0) is 16.1. The number of hydrogen-bond donors (Lipinski definition) is 0. The lowest BCUT2D eigenvalue weighted by atomic mass is 10.0. The van der Waals surface area contributed by atoms with Crippen LogP contribution in [0, 0.1) is 6.92 Å². The molecule has 0 atom stereocenters. The Morgan fingerprint density at radius 2 is 1.35 bits per heavy atom. The molecule has 3 aromatic rings. The Balaban J connectivity index is 1.67. The first kappa shape index (κ1) is 15.6. The van der Waals surface area contributed by atoms with E-state index >= 15 is 0 Å². The average Bonchev–Trinajstić information content (AvgIpc) is 2.61. The topological polar surface area (TPSA) is 17.1 Å². The van der Waals surface area contributed by atoms with Crippen LogP contribution in [0.25, 0.3) is 0 Å². The van der Waals surface area contributed by atoms with Gasteiger partial charge in [0.05, 0.1) is 0 Å². The summed E-state index contributed by atoms with van der Waals surface area (Å²) in [5.74, 6) is 1.01. The summed E-state index contributed by atoms with van der Waals surface area (Å²) in [5, 5.41) is 0. The Morgan fingerprint density at radius 3 is 1.96 bits per heavy atom. The average molecular weight is 318 g/mol. The Labute approximate surface area is 141 Å². The maximum absolute atomic E-state index is 12.4. The van der Waals surface area contributed by atoms with Crippen LogP contribution < -0.4 is 0 Å². The second-order valence-corrected chi connectivity index (χ2v) is 6.54. The minimum absolute atomic E-state index is 0.0737. The second kappa shape index (κ2) is 7.30. The third-order valence-electron chi connectivity index (χ3n) is 3.68. The van der Waals surface area contributed by atoms with Crippen molar-refractivity contribution in [3.05, 3.63) is 101 Å². The molecule has 114 valence electrons. The fraction of sp³-hybridized carbons (Fsp3) is 0.0952. The Kier molecular flexibility index (Phi) is 4.94. The Hall–Kier alpha value is -2.32. The number of ketones is 1. The van der Waals surface area contributed by atoms with Gasteiger partial charge in [0, 0.05) is 21.8 Å². The third kappa shape index (κ3) is 4.11. The number of thioether (sulfide) groups is 1. The molecule has 23 heavy (non-hydrogen) atoms. The van der Waals surface area contributed by atoms with Crippen molar-refractivity contribution in [1.82, 2.24) is 0 Å². The number of hydrogen-bond acceptors (Lipinski definition) is 2. The molecule has 0 aromatic heterocycles. The van der Waals surface area contributed by atoms with Crippen molar-refractivity contribution in [2.75, 3.05) is 0 Å². The molecular formula is C21H18OS. The summed E-state index contributed by atoms with van der Waals surface area (Å²) in [5.41, 5.74) is 3.93. The van der Waals surface area contributed by atoms with E-state index in [0.717, 1.165) is 22.4 Å². The van der Waals surface area contributed by atoms with Crippen molar-refractivity contribution >= 4 is 17.5 Å². The normalized spacial score (nSPS) is 10.5. The molecule has 0 fully saturated rings. The van der Waals surface area contributed by atoms with Crippen molar-refractivity contribution in [2.45, 2.75) is 17.6 Å². The van der Waals surface area contributed by atoms with Crippen LogP contribution in [0.4, 0.5) is 0 Å². The molecule has 0 N–H and O–H groups in total. The molecule has 3 aromatic carbocycles. The molecule has 0 aliphatic rings. The van der Waals surface area contributed by atoms with Crippen LogP contribution >= 0.6 is 11.8 Å². The van der Waals surface area contributed by atoms with Crippen LogP contribution in [0.15, 0.2) is 83.8 Å². The predicted octanol–water partition coefficient (Wildman–Crippen LogP) is 5.52. The minimum Gasteiger partial charge on any atom is -0.289 e. The van der Waals surface area contributed by atoms with Crippen molar-refractivity contribution in [1.29, 1.82) is 0 Å². The summed E-state index contributed by atoms with van der Waals surface area (Å²) in [6, 6.07) is 26.0. The number of aryl methyl sites for hydroxylation is 1. The van der Waals surface area contributed by atoms with Gasteiger partial charge in [-0.25, -0.2) is 0 Å². The molecule has 0 radical (unpaired) electrons. The highest BCUT2D eigenvalue weighted by Gasteiger charge is 2.08.